The zero-order chi connectivity index (χ0) is 16.0. The van der Waals surface area contributed by atoms with E-state index in [1.807, 2.05) is 0 Å². The predicted molar refractivity (Wildman–Crippen MR) is 83.0 cm³/mol. The molecule has 2 atom stereocenters. The SMILES string of the molecule is O=C(CN1C(=O)c2ccccc2C1=O)N1CCC2CCC(C1)N2. The maximum absolute atomic E-state index is 12.6. The Morgan fingerprint density at radius 3 is 2.39 bits per heavy atom. The van der Waals surface area contributed by atoms with Crippen molar-refractivity contribution in [2.45, 2.75) is 31.3 Å². The molecule has 6 heteroatoms. The van der Waals surface area contributed by atoms with Gasteiger partial charge in [-0.05, 0) is 31.4 Å². The summed E-state index contributed by atoms with van der Waals surface area (Å²) in [5.74, 6) is -0.879. The van der Waals surface area contributed by atoms with Crippen molar-refractivity contribution < 1.29 is 14.4 Å². The third-order valence-corrected chi connectivity index (χ3v) is 5.05. The second-order valence-corrected chi connectivity index (χ2v) is 6.51. The van der Waals surface area contributed by atoms with Crippen LogP contribution in [0.1, 0.15) is 40.0 Å². The maximum atomic E-state index is 12.6. The first-order valence-corrected chi connectivity index (χ1v) is 8.12. The highest BCUT2D eigenvalue weighted by atomic mass is 16.2. The second-order valence-electron chi connectivity index (χ2n) is 6.51. The van der Waals surface area contributed by atoms with Gasteiger partial charge in [0.1, 0.15) is 6.54 Å². The van der Waals surface area contributed by atoms with Gasteiger partial charge in [0, 0.05) is 25.2 Å². The molecule has 0 aliphatic carbocycles. The minimum atomic E-state index is -0.367. The smallest absolute Gasteiger partial charge is 0.262 e. The number of benzene rings is 1. The Morgan fingerprint density at radius 2 is 1.70 bits per heavy atom. The fraction of sp³-hybridized carbons (Fsp3) is 0.471. The van der Waals surface area contributed by atoms with E-state index in [2.05, 4.69) is 5.32 Å². The fourth-order valence-electron chi connectivity index (χ4n) is 3.79. The van der Waals surface area contributed by atoms with Crippen LogP contribution in [0.4, 0.5) is 0 Å². The number of carbonyl (C=O) groups excluding carboxylic acids is 3. The van der Waals surface area contributed by atoms with Crippen LogP contribution in [0, 0.1) is 0 Å². The number of rotatable bonds is 2. The molecule has 3 aliphatic rings. The van der Waals surface area contributed by atoms with E-state index in [4.69, 9.17) is 0 Å². The molecule has 0 aromatic heterocycles. The Kier molecular flexibility index (Phi) is 3.41. The summed E-state index contributed by atoms with van der Waals surface area (Å²) in [6.07, 6.45) is 3.19. The van der Waals surface area contributed by atoms with Gasteiger partial charge in [-0.1, -0.05) is 12.1 Å². The molecule has 0 radical (unpaired) electrons. The lowest BCUT2D eigenvalue weighted by Crippen LogP contribution is -2.45. The van der Waals surface area contributed by atoms with Gasteiger partial charge in [-0.3, -0.25) is 19.3 Å². The summed E-state index contributed by atoms with van der Waals surface area (Å²) in [7, 11) is 0. The molecule has 0 spiro atoms. The van der Waals surface area contributed by atoms with E-state index in [1.54, 1.807) is 29.2 Å². The quantitative estimate of drug-likeness (QED) is 0.813. The molecular formula is C17H19N3O3. The number of hydrogen-bond acceptors (Lipinski definition) is 4. The van der Waals surface area contributed by atoms with Crippen LogP contribution in [0.5, 0.6) is 0 Å². The molecule has 4 rings (SSSR count). The van der Waals surface area contributed by atoms with E-state index in [9.17, 15) is 14.4 Å². The van der Waals surface area contributed by atoms with Gasteiger partial charge < -0.3 is 10.2 Å². The van der Waals surface area contributed by atoms with Gasteiger partial charge in [0.2, 0.25) is 5.91 Å². The van der Waals surface area contributed by atoms with E-state index in [1.165, 1.54) is 6.42 Å². The molecule has 120 valence electrons. The predicted octanol–water partition coefficient (Wildman–Crippen LogP) is 0.636. The summed E-state index contributed by atoms with van der Waals surface area (Å²) in [4.78, 5) is 40.1. The van der Waals surface area contributed by atoms with E-state index in [-0.39, 0.29) is 24.3 Å². The number of amides is 3. The van der Waals surface area contributed by atoms with Crippen LogP contribution in [-0.2, 0) is 4.79 Å². The topological polar surface area (TPSA) is 69.7 Å². The number of hydrogen-bond donors (Lipinski definition) is 1. The summed E-state index contributed by atoms with van der Waals surface area (Å²) in [5, 5.41) is 3.52. The van der Waals surface area contributed by atoms with Crippen LogP contribution < -0.4 is 5.32 Å². The van der Waals surface area contributed by atoms with Gasteiger partial charge in [-0.25, -0.2) is 0 Å². The van der Waals surface area contributed by atoms with Gasteiger partial charge >= 0.3 is 0 Å². The Labute approximate surface area is 134 Å². The third kappa shape index (κ3) is 2.43. The Hall–Kier alpha value is -2.21. The number of likely N-dealkylation sites (tertiary alicyclic amines) is 1. The first-order chi connectivity index (χ1) is 11.1. The highest BCUT2D eigenvalue weighted by Crippen LogP contribution is 2.24. The molecule has 1 N–H and O–H groups in total. The minimum Gasteiger partial charge on any atom is -0.340 e. The lowest BCUT2D eigenvalue weighted by Gasteiger charge is -2.26. The van der Waals surface area contributed by atoms with Gasteiger partial charge in [-0.2, -0.15) is 0 Å². The Morgan fingerprint density at radius 1 is 1.04 bits per heavy atom. The number of imide groups is 1. The molecule has 2 fully saturated rings. The van der Waals surface area contributed by atoms with Crippen LogP contribution in [0.25, 0.3) is 0 Å². The number of nitrogens with one attached hydrogen (secondary N) is 1. The Balaban J connectivity index is 1.47. The largest absolute Gasteiger partial charge is 0.340 e. The minimum absolute atomic E-state index is 0.145. The number of nitrogens with zero attached hydrogens (tertiary/aromatic N) is 2. The van der Waals surface area contributed by atoms with Gasteiger partial charge in [-0.15, -0.1) is 0 Å². The van der Waals surface area contributed by atoms with Crippen LogP contribution in [0.3, 0.4) is 0 Å². The molecule has 3 heterocycles. The monoisotopic (exact) mass is 313 g/mol. The molecular weight excluding hydrogens is 294 g/mol. The van der Waals surface area contributed by atoms with Crippen LogP contribution >= 0.6 is 0 Å². The summed E-state index contributed by atoms with van der Waals surface area (Å²) in [6.45, 7) is 1.19. The van der Waals surface area contributed by atoms with Crippen molar-refractivity contribution in [3.05, 3.63) is 35.4 Å². The van der Waals surface area contributed by atoms with E-state index < -0.39 is 0 Å². The molecule has 3 aliphatic heterocycles. The standard InChI is InChI=1S/C17H19N3O3/c21-15(19-8-7-11-5-6-12(9-19)18-11)10-20-16(22)13-3-1-2-4-14(13)17(20)23/h1-4,11-12,18H,5-10H2. The fourth-order valence-corrected chi connectivity index (χ4v) is 3.79. The van der Waals surface area contributed by atoms with Crippen LogP contribution in [-0.4, -0.2) is 59.2 Å². The van der Waals surface area contributed by atoms with E-state index in [0.717, 1.165) is 17.7 Å². The van der Waals surface area contributed by atoms with Crippen molar-refractivity contribution in [1.82, 2.24) is 15.1 Å². The average molecular weight is 313 g/mol. The molecule has 2 bridgehead atoms. The van der Waals surface area contributed by atoms with Gasteiger partial charge in [0.25, 0.3) is 11.8 Å². The number of fused-ring (bicyclic) bond motifs is 3. The van der Waals surface area contributed by atoms with E-state index in [0.29, 0.717) is 36.3 Å². The molecule has 3 amide bonds. The third-order valence-electron chi connectivity index (χ3n) is 5.05. The van der Waals surface area contributed by atoms with Gasteiger partial charge in [0.05, 0.1) is 11.1 Å². The summed E-state index contributed by atoms with van der Waals surface area (Å²) < 4.78 is 0. The average Bonchev–Trinajstić information content (AvgIpc) is 3.00. The molecule has 2 saturated heterocycles. The van der Waals surface area contributed by atoms with Crippen LogP contribution in [0.15, 0.2) is 24.3 Å². The van der Waals surface area contributed by atoms with E-state index >= 15 is 0 Å². The molecule has 1 aromatic carbocycles. The van der Waals surface area contributed by atoms with Crippen molar-refractivity contribution >= 4 is 17.7 Å². The Bertz CT molecular complexity index is 652. The highest BCUT2D eigenvalue weighted by molar-refractivity contribution is 6.22. The maximum Gasteiger partial charge on any atom is 0.262 e. The van der Waals surface area contributed by atoms with Crippen molar-refractivity contribution in [1.29, 1.82) is 0 Å². The lowest BCUT2D eigenvalue weighted by molar-refractivity contribution is -0.131. The van der Waals surface area contributed by atoms with Crippen LogP contribution in [0.2, 0.25) is 0 Å². The van der Waals surface area contributed by atoms with Crippen molar-refractivity contribution in [2.75, 3.05) is 19.6 Å². The molecule has 2 unspecified atom stereocenters. The summed E-state index contributed by atoms with van der Waals surface area (Å²) in [5.41, 5.74) is 0.781. The first-order valence-electron chi connectivity index (χ1n) is 8.12. The second kappa shape index (κ2) is 5.45. The molecule has 6 nitrogen and oxygen atoms in total. The van der Waals surface area contributed by atoms with Gasteiger partial charge in [0.15, 0.2) is 0 Å². The van der Waals surface area contributed by atoms with Crippen molar-refractivity contribution in [3.63, 3.8) is 0 Å². The lowest BCUT2D eigenvalue weighted by atomic mass is 10.1. The molecule has 0 saturated carbocycles. The number of carbonyl (C=O) groups is 3. The molecule has 23 heavy (non-hydrogen) atoms. The van der Waals surface area contributed by atoms with Crippen molar-refractivity contribution in [2.24, 2.45) is 0 Å². The summed E-state index contributed by atoms with van der Waals surface area (Å²) in [6, 6.07) is 7.56. The zero-order valence-electron chi connectivity index (χ0n) is 12.8. The highest BCUT2D eigenvalue weighted by Gasteiger charge is 2.38. The molecule has 1 aromatic rings. The van der Waals surface area contributed by atoms with Crippen molar-refractivity contribution in [3.8, 4) is 0 Å². The normalized spacial score (nSPS) is 26.4. The first kappa shape index (κ1) is 14.4. The summed E-state index contributed by atoms with van der Waals surface area (Å²) >= 11 is 0. The zero-order valence-corrected chi connectivity index (χ0v) is 12.8.